The maximum atomic E-state index is 12.5. The van der Waals surface area contributed by atoms with Crippen LogP contribution in [-0.2, 0) is 6.54 Å². The fraction of sp³-hybridized carbons (Fsp3) is 0.190. The number of nitrogens with zero attached hydrogens (tertiary/aromatic N) is 2. The molecule has 8 heteroatoms. The first-order chi connectivity index (χ1) is 14.1. The third-order valence-corrected chi connectivity index (χ3v) is 4.91. The van der Waals surface area contributed by atoms with Crippen molar-refractivity contribution >= 4 is 5.71 Å². The molecule has 0 spiro atoms. The first-order valence-electron chi connectivity index (χ1n) is 9.14. The van der Waals surface area contributed by atoms with Crippen LogP contribution in [0.2, 0.25) is 0 Å². The van der Waals surface area contributed by atoms with Crippen molar-refractivity contribution in [3.8, 4) is 11.6 Å². The molecular weight excluding hydrogens is 372 g/mol. The number of hydrogen-bond donors (Lipinski definition) is 3. The number of aromatic amines is 1. The zero-order chi connectivity index (χ0) is 20.4. The van der Waals surface area contributed by atoms with Gasteiger partial charge in [-0.25, -0.2) is 4.79 Å². The second kappa shape index (κ2) is 7.67. The lowest BCUT2D eigenvalue weighted by atomic mass is 9.99. The largest absolute Gasteiger partial charge is 0.496 e. The molecule has 0 unspecified atom stereocenters. The molecule has 4 rings (SSSR count). The van der Waals surface area contributed by atoms with Crippen molar-refractivity contribution in [2.24, 2.45) is 5.10 Å². The first-order valence-corrected chi connectivity index (χ1v) is 9.14. The highest BCUT2D eigenvalue weighted by Gasteiger charge is 2.28. The smallest absolute Gasteiger partial charge is 0.331 e. The van der Waals surface area contributed by atoms with Crippen molar-refractivity contribution in [3.05, 3.63) is 92.1 Å². The zero-order valence-electron chi connectivity index (χ0n) is 15.8. The Kier molecular flexibility index (Phi) is 4.90. The van der Waals surface area contributed by atoms with E-state index in [-0.39, 0.29) is 18.2 Å². The number of aromatic hydroxyl groups is 1. The molecule has 148 valence electrons. The number of ether oxygens (including phenoxy) is 1. The fourth-order valence-corrected chi connectivity index (χ4v) is 3.46. The van der Waals surface area contributed by atoms with E-state index in [1.54, 1.807) is 7.11 Å². The van der Waals surface area contributed by atoms with Crippen LogP contribution in [0.3, 0.4) is 0 Å². The monoisotopic (exact) mass is 392 g/mol. The molecule has 0 bridgehead atoms. The Hall–Kier alpha value is -3.81. The second-order valence-corrected chi connectivity index (χ2v) is 6.72. The summed E-state index contributed by atoms with van der Waals surface area (Å²) >= 11 is 0. The summed E-state index contributed by atoms with van der Waals surface area (Å²) in [5.74, 6) is 0.303. The molecule has 3 N–H and O–H groups in total. The molecule has 0 radical (unpaired) electrons. The van der Waals surface area contributed by atoms with Crippen molar-refractivity contribution in [1.29, 1.82) is 0 Å². The summed E-state index contributed by atoms with van der Waals surface area (Å²) in [6, 6.07) is 16.5. The average molecular weight is 392 g/mol. The van der Waals surface area contributed by atoms with Crippen LogP contribution in [0.4, 0.5) is 0 Å². The van der Waals surface area contributed by atoms with Crippen LogP contribution in [0.15, 0.2) is 69.3 Å². The Bertz CT molecular complexity index is 1180. The highest BCUT2D eigenvalue weighted by Crippen LogP contribution is 2.31. The molecule has 2 aromatic carbocycles. The number of hydrogen-bond acceptors (Lipinski definition) is 6. The second-order valence-electron chi connectivity index (χ2n) is 6.72. The Morgan fingerprint density at radius 1 is 1.14 bits per heavy atom. The molecule has 8 nitrogen and oxygen atoms in total. The standard InChI is InChI=1S/C21H20N4O4/c1-29-17-10-6-5-9-14(17)15-11-16(24-23-15)18-19(26)22-21(28)25(20(18)27)12-13-7-3-2-4-8-13/h2-10,15,23,27H,11-12H2,1H3,(H,22,26,28)/t15-/m1/s1. The number of benzene rings is 2. The zero-order valence-corrected chi connectivity index (χ0v) is 15.8. The van der Waals surface area contributed by atoms with Gasteiger partial charge in [0.2, 0.25) is 5.88 Å². The maximum absolute atomic E-state index is 12.5. The lowest BCUT2D eigenvalue weighted by molar-refractivity contribution is 0.402. The molecule has 0 amide bonds. The van der Waals surface area contributed by atoms with E-state index in [2.05, 4.69) is 15.5 Å². The van der Waals surface area contributed by atoms with E-state index >= 15 is 0 Å². The number of aromatic nitrogens is 2. The summed E-state index contributed by atoms with van der Waals surface area (Å²) < 4.78 is 6.52. The molecule has 0 saturated heterocycles. The number of nitrogens with one attached hydrogen (secondary N) is 2. The third-order valence-electron chi connectivity index (χ3n) is 4.91. The summed E-state index contributed by atoms with van der Waals surface area (Å²) in [6.07, 6.45) is 0.362. The normalized spacial score (nSPS) is 15.6. The van der Waals surface area contributed by atoms with Gasteiger partial charge in [0, 0.05) is 12.0 Å². The number of para-hydroxylation sites is 1. The van der Waals surface area contributed by atoms with Gasteiger partial charge in [-0.2, -0.15) is 5.10 Å². The van der Waals surface area contributed by atoms with E-state index in [0.717, 1.165) is 15.7 Å². The summed E-state index contributed by atoms with van der Waals surface area (Å²) in [4.78, 5) is 27.0. The van der Waals surface area contributed by atoms with Crippen molar-refractivity contribution < 1.29 is 9.84 Å². The third kappa shape index (κ3) is 3.52. The predicted octanol–water partition coefficient (Wildman–Crippen LogP) is 1.74. The number of hydrazone groups is 1. The SMILES string of the molecule is COc1ccccc1[C@H]1CC(c2c(O)n(Cc3ccccc3)c(=O)[nH]c2=O)=NN1. The minimum absolute atomic E-state index is 0.00886. The van der Waals surface area contributed by atoms with Gasteiger partial charge in [0.15, 0.2) is 0 Å². The highest BCUT2D eigenvalue weighted by atomic mass is 16.5. The molecule has 1 aromatic heterocycles. The topological polar surface area (TPSA) is 109 Å². The van der Waals surface area contributed by atoms with Crippen LogP contribution >= 0.6 is 0 Å². The first kappa shape index (κ1) is 18.5. The Morgan fingerprint density at radius 2 is 1.86 bits per heavy atom. The number of methoxy groups -OCH3 is 1. The highest BCUT2D eigenvalue weighted by molar-refractivity contribution is 6.03. The Balaban J connectivity index is 1.68. The van der Waals surface area contributed by atoms with Gasteiger partial charge >= 0.3 is 5.69 Å². The molecule has 2 heterocycles. The summed E-state index contributed by atoms with van der Waals surface area (Å²) in [6.45, 7) is 0.131. The van der Waals surface area contributed by atoms with E-state index in [0.29, 0.717) is 17.9 Å². The summed E-state index contributed by atoms with van der Waals surface area (Å²) in [5.41, 5.74) is 3.73. The van der Waals surface area contributed by atoms with Crippen LogP contribution in [0, 0.1) is 0 Å². The Labute approximate surface area is 166 Å². The molecule has 0 aliphatic carbocycles. The van der Waals surface area contributed by atoms with E-state index in [1.807, 2.05) is 54.6 Å². The van der Waals surface area contributed by atoms with E-state index in [4.69, 9.17) is 4.74 Å². The lowest BCUT2D eigenvalue weighted by Gasteiger charge is -2.14. The molecule has 0 fully saturated rings. The van der Waals surface area contributed by atoms with Crippen LogP contribution in [-0.4, -0.2) is 27.5 Å². The maximum Gasteiger partial charge on any atom is 0.331 e. The van der Waals surface area contributed by atoms with Gasteiger partial charge in [-0.15, -0.1) is 0 Å². The van der Waals surface area contributed by atoms with Gasteiger partial charge in [0.25, 0.3) is 5.56 Å². The molecule has 0 saturated carbocycles. The lowest BCUT2D eigenvalue weighted by Crippen LogP contribution is -2.34. The van der Waals surface area contributed by atoms with Crippen LogP contribution in [0.5, 0.6) is 11.6 Å². The van der Waals surface area contributed by atoms with Crippen molar-refractivity contribution in [3.63, 3.8) is 0 Å². The molecule has 29 heavy (non-hydrogen) atoms. The van der Waals surface area contributed by atoms with Gasteiger partial charge in [0.05, 0.1) is 25.4 Å². The van der Waals surface area contributed by atoms with E-state index < -0.39 is 17.1 Å². The quantitative estimate of drug-likeness (QED) is 0.613. The number of H-pyrrole nitrogens is 1. The fourth-order valence-electron chi connectivity index (χ4n) is 3.46. The molecular formula is C21H20N4O4. The Morgan fingerprint density at radius 3 is 2.62 bits per heavy atom. The van der Waals surface area contributed by atoms with Gasteiger partial charge < -0.3 is 15.3 Å². The number of rotatable bonds is 5. The van der Waals surface area contributed by atoms with Gasteiger partial charge in [-0.1, -0.05) is 48.5 Å². The van der Waals surface area contributed by atoms with Crippen LogP contribution < -0.4 is 21.4 Å². The van der Waals surface area contributed by atoms with Crippen molar-refractivity contribution in [2.75, 3.05) is 7.11 Å². The van der Waals surface area contributed by atoms with Crippen molar-refractivity contribution in [1.82, 2.24) is 15.0 Å². The molecule has 1 aliphatic rings. The molecule has 1 atom stereocenters. The van der Waals surface area contributed by atoms with Gasteiger partial charge in [-0.3, -0.25) is 14.3 Å². The molecule has 3 aromatic rings. The predicted molar refractivity (Wildman–Crippen MR) is 109 cm³/mol. The minimum atomic E-state index is -0.673. The van der Waals surface area contributed by atoms with Gasteiger partial charge in [-0.05, 0) is 11.6 Å². The van der Waals surface area contributed by atoms with E-state index in [9.17, 15) is 14.7 Å². The summed E-state index contributed by atoms with van der Waals surface area (Å²) in [5, 5.41) is 15.0. The molecule has 1 aliphatic heterocycles. The minimum Gasteiger partial charge on any atom is -0.496 e. The van der Waals surface area contributed by atoms with Crippen LogP contribution in [0.1, 0.15) is 29.2 Å². The van der Waals surface area contributed by atoms with Crippen molar-refractivity contribution in [2.45, 2.75) is 19.0 Å². The summed E-state index contributed by atoms with van der Waals surface area (Å²) in [7, 11) is 1.59. The van der Waals surface area contributed by atoms with Gasteiger partial charge in [0.1, 0.15) is 11.3 Å². The average Bonchev–Trinajstić information content (AvgIpc) is 3.21. The van der Waals surface area contributed by atoms with Crippen LogP contribution in [0.25, 0.3) is 0 Å². The van der Waals surface area contributed by atoms with E-state index in [1.165, 1.54) is 0 Å².